The van der Waals surface area contributed by atoms with Crippen molar-refractivity contribution in [1.82, 2.24) is 14.8 Å². The molecule has 3 N–H and O–H groups in total. The number of H-pyrrole nitrogens is 1. The van der Waals surface area contributed by atoms with Crippen LogP contribution in [0.2, 0.25) is 0 Å². The number of nitrogens with one attached hydrogen (secondary N) is 1. The fraction of sp³-hybridized carbons (Fsp3) is 0.565. The number of rotatable bonds is 8. The lowest BCUT2D eigenvalue weighted by Gasteiger charge is -2.63. The summed E-state index contributed by atoms with van der Waals surface area (Å²) in [5.41, 5.74) is -0.868. The number of benzene rings is 2. The van der Waals surface area contributed by atoms with Gasteiger partial charge >= 0.3 is 17.9 Å². The van der Waals surface area contributed by atoms with Crippen molar-refractivity contribution in [2.45, 2.75) is 107 Å². The van der Waals surface area contributed by atoms with Gasteiger partial charge in [0, 0.05) is 79.6 Å². The number of nitrogens with zero attached hydrogens (tertiary/aromatic N) is 3. The molecule has 10 atom stereocenters. The van der Waals surface area contributed by atoms with E-state index in [1.54, 1.807) is 6.07 Å². The predicted octanol–water partition coefficient (Wildman–Crippen LogP) is 3.87. The molecule has 1 aromatic heterocycles. The van der Waals surface area contributed by atoms with Crippen molar-refractivity contribution in [3.8, 4) is 5.75 Å². The number of aliphatic hydroxyl groups is 2. The number of hydrogen-bond donors (Lipinski definition) is 3. The van der Waals surface area contributed by atoms with Gasteiger partial charge in [-0.05, 0) is 79.8 Å². The van der Waals surface area contributed by atoms with Gasteiger partial charge in [-0.2, -0.15) is 0 Å². The maximum Gasteiger partial charge on any atom is 0.322 e. The average Bonchev–Trinajstić information content (AvgIpc) is 3.90. The Morgan fingerprint density at radius 1 is 1.00 bits per heavy atom. The van der Waals surface area contributed by atoms with Crippen LogP contribution in [0.15, 0.2) is 48.6 Å². The molecular formula is C46H56N4O10. The van der Waals surface area contributed by atoms with E-state index in [0.717, 1.165) is 16.5 Å². The van der Waals surface area contributed by atoms with Crippen LogP contribution in [0, 0.1) is 11.3 Å². The largest absolute Gasteiger partial charge is 0.497 e. The van der Waals surface area contributed by atoms with Gasteiger partial charge in [-0.25, -0.2) is 0 Å². The van der Waals surface area contributed by atoms with Crippen LogP contribution in [0.25, 0.3) is 10.9 Å². The molecule has 3 fully saturated rings. The summed E-state index contributed by atoms with van der Waals surface area (Å²) in [6.45, 7) is 9.27. The first-order valence-electron chi connectivity index (χ1n) is 21.3. The van der Waals surface area contributed by atoms with E-state index < -0.39 is 63.7 Å². The number of methoxy groups -OCH3 is 2. The number of aromatic amines is 1. The lowest BCUT2D eigenvalue weighted by atomic mass is 9.49. The highest BCUT2D eigenvalue weighted by Gasteiger charge is 2.81. The van der Waals surface area contributed by atoms with Crippen molar-refractivity contribution < 1.29 is 48.3 Å². The molecule has 0 radical (unpaired) electrons. The number of fused-ring (bicyclic) bond motifs is 6. The van der Waals surface area contributed by atoms with Gasteiger partial charge in [-0.15, -0.1) is 0 Å². The quantitative estimate of drug-likeness (QED) is 0.0988. The van der Waals surface area contributed by atoms with Crippen molar-refractivity contribution in [2.24, 2.45) is 11.3 Å². The van der Waals surface area contributed by atoms with E-state index in [2.05, 4.69) is 20.9 Å². The van der Waals surface area contributed by atoms with E-state index in [9.17, 15) is 24.6 Å². The predicted molar refractivity (Wildman–Crippen MR) is 220 cm³/mol. The van der Waals surface area contributed by atoms with E-state index in [-0.39, 0.29) is 12.3 Å². The van der Waals surface area contributed by atoms with E-state index in [1.165, 1.54) is 33.0 Å². The molecule has 6 aliphatic rings. The van der Waals surface area contributed by atoms with Crippen molar-refractivity contribution in [1.29, 1.82) is 0 Å². The average molecular weight is 825 g/mol. The van der Waals surface area contributed by atoms with Crippen LogP contribution < -0.4 is 9.64 Å². The lowest BCUT2D eigenvalue weighted by Crippen LogP contribution is -2.80. The molecule has 2 saturated heterocycles. The van der Waals surface area contributed by atoms with Crippen molar-refractivity contribution in [3.05, 3.63) is 70.9 Å². The highest BCUT2D eigenvalue weighted by atomic mass is 16.7. The Morgan fingerprint density at radius 3 is 2.47 bits per heavy atom. The molecule has 320 valence electrons. The Morgan fingerprint density at radius 2 is 1.78 bits per heavy atom. The SMILES string of the molecule is CC[C@]1(O)C[C@@H]2CN(CCc3c([nH]c4ccccc34)[C@@](C(=O)OC)(c3cc(OC)cc4c3[C@@]35CCN6CC=C[C@](CC)([C@@H](OC(C)=O)[C@@](O)(OC(C)=O)[C@@H]3N4C=O)[C@@H]65)C2)C1. The van der Waals surface area contributed by atoms with Gasteiger partial charge in [0.1, 0.15) is 17.2 Å². The second kappa shape index (κ2) is 14.1. The van der Waals surface area contributed by atoms with Gasteiger partial charge in [0.05, 0.1) is 25.5 Å². The minimum absolute atomic E-state index is 0.191. The molecule has 1 saturated carbocycles. The number of anilines is 1. The van der Waals surface area contributed by atoms with Crippen LogP contribution in [0.4, 0.5) is 5.69 Å². The molecule has 60 heavy (non-hydrogen) atoms. The Bertz CT molecular complexity index is 2310. The minimum Gasteiger partial charge on any atom is -0.497 e. The smallest absolute Gasteiger partial charge is 0.322 e. The van der Waals surface area contributed by atoms with E-state index in [1.807, 2.05) is 50.3 Å². The summed E-state index contributed by atoms with van der Waals surface area (Å²) in [6.07, 6.45) is 5.75. The number of amides is 1. The maximum absolute atomic E-state index is 15.6. The number of carbonyl (C=O) groups excluding carboxylic acids is 4. The molecule has 1 aliphatic carbocycles. The first-order valence-corrected chi connectivity index (χ1v) is 21.3. The van der Waals surface area contributed by atoms with Crippen LogP contribution in [-0.4, -0.2) is 126 Å². The van der Waals surface area contributed by atoms with Crippen LogP contribution in [0.1, 0.15) is 82.2 Å². The second-order valence-corrected chi connectivity index (χ2v) is 18.1. The highest BCUT2D eigenvalue weighted by Crippen LogP contribution is 2.69. The summed E-state index contributed by atoms with van der Waals surface area (Å²) in [7, 11) is 2.92. The zero-order chi connectivity index (χ0) is 42.6. The number of piperidine rings is 1. The van der Waals surface area contributed by atoms with Crippen LogP contribution in [-0.2, 0) is 50.6 Å². The Labute approximate surface area is 349 Å². The molecular weight excluding hydrogens is 769 g/mol. The Balaban J connectivity index is 1.43. The fourth-order valence-electron chi connectivity index (χ4n) is 13.3. The van der Waals surface area contributed by atoms with E-state index in [4.69, 9.17) is 18.9 Å². The third-order valence-electron chi connectivity index (χ3n) is 15.2. The summed E-state index contributed by atoms with van der Waals surface area (Å²) in [5, 5.41) is 26.5. The summed E-state index contributed by atoms with van der Waals surface area (Å²) < 4.78 is 24.3. The minimum atomic E-state index is -2.56. The molecule has 14 heteroatoms. The van der Waals surface area contributed by atoms with E-state index in [0.29, 0.717) is 99.5 Å². The first kappa shape index (κ1) is 40.6. The molecule has 2 aromatic carbocycles. The van der Waals surface area contributed by atoms with Crippen molar-refractivity contribution in [2.75, 3.05) is 51.8 Å². The molecule has 3 aromatic rings. The highest BCUT2D eigenvalue weighted by molar-refractivity contribution is 5.96. The second-order valence-electron chi connectivity index (χ2n) is 18.1. The first-order chi connectivity index (χ1) is 28.7. The lowest BCUT2D eigenvalue weighted by molar-refractivity contribution is -0.308. The monoisotopic (exact) mass is 824 g/mol. The number of ether oxygens (including phenoxy) is 4. The van der Waals surface area contributed by atoms with Gasteiger partial charge in [-0.3, -0.25) is 29.0 Å². The molecule has 5 aliphatic heterocycles. The molecule has 1 unspecified atom stereocenters. The Kier molecular flexibility index (Phi) is 9.58. The number of esters is 3. The van der Waals surface area contributed by atoms with Crippen LogP contribution in [0.3, 0.4) is 0 Å². The van der Waals surface area contributed by atoms with Gasteiger partial charge < -0.3 is 39.0 Å². The number of hydrogen-bond acceptors (Lipinski definition) is 12. The number of aromatic nitrogens is 1. The van der Waals surface area contributed by atoms with E-state index >= 15 is 4.79 Å². The molecule has 6 heterocycles. The van der Waals surface area contributed by atoms with Crippen molar-refractivity contribution >= 4 is 40.9 Å². The topological polar surface area (TPSA) is 171 Å². The summed E-state index contributed by atoms with van der Waals surface area (Å²) in [4.78, 5) is 65.7. The molecule has 9 rings (SSSR count). The molecule has 2 bridgehead atoms. The molecule has 14 nitrogen and oxygen atoms in total. The van der Waals surface area contributed by atoms with Gasteiger partial charge in [0.15, 0.2) is 6.10 Å². The number of para-hydroxylation sites is 1. The maximum atomic E-state index is 15.6. The Hall–Kier alpha value is -4.76. The summed E-state index contributed by atoms with van der Waals surface area (Å²) >= 11 is 0. The summed E-state index contributed by atoms with van der Waals surface area (Å²) in [6, 6.07) is 9.81. The van der Waals surface area contributed by atoms with Gasteiger partial charge in [-0.1, -0.05) is 44.2 Å². The van der Waals surface area contributed by atoms with Crippen molar-refractivity contribution in [3.63, 3.8) is 0 Å². The molecule has 1 spiro atoms. The fourth-order valence-corrected chi connectivity index (χ4v) is 13.3. The molecule has 1 amide bonds. The van der Waals surface area contributed by atoms with Crippen LogP contribution in [0.5, 0.6) is 5.75 Å². The van der Waals surface area contributed by atoms with Gasteiger partial charge in [0.2, 0.25) is 6.41 Å². The number of carbonyl (C=O) groups is 4. The van der Waals surface area contributed by atoms with Gasteiger partial charge in [0.25, 0.3) is 5.79 Å². The normalized spacial score (nSPS) is 36.5. The van der Waals surface area contributed by atoms with Crippen LogP contribution >= 0.6 is 0 Å². The third-order valence-corrected chi connectivity index (χ3v) is 15.2. The standard InChI is InChI=1S/C46H56N4O10/c1-7-42(55)22-29-23-45(41(54)58-6,37-32(14-18-48(24-29)25-42)31-12-9-10-13-34(31)47-37)33-20-30(57-5)21-35-36(33)44-16-19-49-17-11-15-43(8-2,38(44)49)40(59-27(3)52)46(56,60-28(4)53)39(44)50(35)26-51/h9-13,15,20-21,26,29,38-40,47,55-56H,7-8,14,16-19,22-25H2,1-6H3/t29-,38+,39+,40+,42-,43-,44+,45-,46-/m0/s1. The third kappa shape index (κ3) is 5.39. The zero-order valence-corrected chi connectivity index (χ0v) is 35.3. The summed E-state index contributed by atoms with van der Waals surface area (Å²) in [5.74, 6) is -4.42. The zero-order valence-electron chi connectivity index (χ0n) is 35.3.